The largest absolute Gasteiger partial charge is 0.384 e. The minimum absolute atomic E-state index is 0.0537. The van der Waals surface area contributed by atoms with Gasteiger partial charge in [-0.05, 0) is 48.1 Å². The summed E-state index contributed by atoms with van der Waals surface area (Å²) in [5.74, 6) is -0.288. The number of anilines is 1. The molecule has 0 unspecified atom stereocenters. The summed E-state index contributed by atoms with van der Waals surface area (Å²) in [5, 5.41) is 5.89. The fourth-order valence-electron chi connectivity index (χ4n) is 3.19. The van der Waals surface area contributed by atoms with Gasteiger partial charge >= 0.3 is 0 Å². The second-order valence-electron chi connectivity index (χ2n) is 7.61. The lowest BCUT2D eigenvalue weighted by Gasteiger charge is -2.29. The van der Waals surface area contributed by atoms with Gasteiger partial charge in [-0.25, -0.2) is 0 Å². The summed E-state index contributed by atoms with van der Waals surface area (Å²) in [4.78, 5) is 11.1. The van der Waals surface area contributed by atoms with E-state index in [0.717, 1.165) is 12.1 Å². The monoisotopic (exact) mass is 350 g/mol. The number of nitrogens with two attached hydrogens (primary N) is 1. The van der Waals surface area contributed by atoms with Gasteiger partial charge in [-0.1, -0.05) is 68.0 Å². The summed E-state index contributed by atoms with van der Waals surface area (Å²) in [5.41, 5.74) is 8.87. The van der Waals surface area contributed by atoms with Gasteiger partial charge in [-0.15, -0.1) is 0 Å². The van der Waals surface area contributed by atoms with Gasteiger partial charge in [-0.2, -0.15) is 0 Å². The third-order valence-electron chi connectivity index (χ3n) is 4.49. The molecule has 0 heterocycles. The number of allylic oxidation sites excluding steroid dienone is 4. The maximum atomic E-state index is 11.1. The molecule has 3 heteroatoms. The highest BCUT2D eigenvalue weighted by Crippen LogP contribution is 2.38. The SMILES string of the molecule is CC(C)=C/C=C/CC(C)(C)c1c(NCCC(N)=O)ccc2ccccc12. The third kappa shape index (κ3) is 5.22. The zero-order chi connectivity index (χ0) is 19.2. The van der Waals surface area contributed by atoms with E-state index in [4.69, 9.17) is 5.73 Å². The predicted octanol–water partition coefficient (Wildman–Crippen LogP) is 5.32. The normalized spacial score (nSPS) is 11.7. The van der Waals surface area contributed by atoms with Crippen LogP contribution in [-0.2, 0) is 10.2 Å². The molecule has 0 aliphatic heterocycles. The number of nitrogens with one attached hydrogen (secondary N) is 1. The second kappa shape index (κ2) is 8.70. The van der Waals surface area contributed by atoms with Gasteiger partial charge in [0, 0.05) is 18.7 Å². The average Bonchev–Trinajstić information content (AvgIpc) is 2.57. The van der Waals surface area contributed by atoms with E-state index in [1.807, 2.05) is 0 Å². The third-order valence-corrected chi connectivity index (χ3v) is 4.49. The standard InChI is InChI=1S/C23H30N2O/c1-17(2)9-7-8-15-23(3,4)22-19-11-6-5-10-18(19)12-13-20(22)25-16-14-21(24)26/h5-13,25H,14-16H2,1-4H3,(H2,24,26)/b8-7+. The first kappa shape index (κ1) is 19.8. The number of hydrogen-bond acceptors (Lipinski definition) is 2. The van der Waals surface area contributed by atoms with Gasteiger partial charge in [0.15, 0.2) is 0 Å². The fraction of sp³-hybridized carbons (Fsp3) is 0.348. The van der Waals surface area contributed by atoms with Gasteiger partial charge in [0.2, 0.25) is 5.91 Å². The van der Waals surface area contributed by atoms with Crippen molar-refractivity contribution >= 4 is 22.4 Å². The summed E-state index contributed by atoms with van der Waals surface area (Å²) in [7, 11) is 0. The van der Waals surface area contributed by atoms with Crippen molar-refractivity contribution in [3.63, 3.8) is 0 Å². The zero-order valence-corrected chi connectivity index (χ0v) is 16.3. The van der Waals surface area contributed by atoms with E-state index in [0.29, 0.717) is 13.0 Å². The van der Waals surface area contributed by atoms with Crippen LogP contribution in [0.3, 0.4) is 0 Å². The van der Waals surface area contributed by atoms with Crippen molar-refractivity contribution in [2.75, 3.05) is 11.9 Å². The molecule has 0 bridgehead atoms. The molecule has 0 fully saturated rings. The van der Waals surface area contributed by atoms with Crippen molar-refractivity contribution in [3.05, 3.63) is 65.8 Å². The van der Waals surface area contributed by atoms with Crippen LogP contribution >= 0.6 is 0 Å². The number of benzene rings is 2. The fourth-order valence-corrected chi connectivity index (χ4v) is 3.19. The molecule has 3 nitrogen and oxygen atoms in total. The topological polar surface area (TPSA) is 55.1 Å². The maximum absolute atomic E-state index is 11.1. The number of carbonyl (C=O) groups is 1. The number of hydrogen-bond donors (Lipinski definition) is 2. The van der Waals surface area contributed by atoms with Crippen molar-refractivity contribution < 1.29 is 4.79 Å². The van der Waals surface area contributed by atoms with E-state index < -0.39 is 0 Å². The zero-order valence-electron chi connectivity index (χ0n) is 16.3. The van der Waals surface area contributed by atoms with Crippen LogP contribution in [0.5, 0.6) is 0 Å². The van der Waals surface area contributed by atoms with Crippen LogP contribution in [-0.4, -0.2) is 12.5 Å². The van der Waals surface area contributed by atoms with Crippen LogP contribution in [0, 0.1) is 0 Å². The van der Waals surface area contributed by atoms with Gasteiger partial charge in [0.25, 0.3) is 0 Å². The Hall–Kier alpha value is -2.55. The van der Waals surface area contributed by atoms with Gasteiger partial charge in [0.1, 0.15) is 0 Å². The van der Waals surface area contributed by atoms with E-state index in [1.54, 1.807) is 0 Å². The van der Waals surface area contributed by atoms with Crippen LogP contribution in [0.1, 0.15) is 46.1 Å². The molecule has 0 atom stereocenters. The molecule has 1 amide bonds. The van der Waals surface area contributed by atoms with Crippen LogP contribution in [0.2, 0.25) is 0 Å². The van der Waals surface area contributed by atoms with Crippen LogP contribution in [0.15, 0.2) is 60.2 Å². The van der Waals surface area contributed by atoms with E-state index >= 15 is 0 Å². The molecule has 2 aromatic carbocycles. The van der Waals surface area contributed by atoms with E-state index in [2.05, 4.69) is 87.6 Å². The van der Waals surface area contributed by atoms with Gasteiger partial charge < -0.3 is 11.1 Å². The highest BCUT2D eigenvalue weighted by Gasteiger charge is 2.25. The van der Waals surface area contributed by atoms with Crippen molar-refractivity contribution in [2.45, 2.75) is 46.0 Å². The number of rotatable bonds is 8. The molecule has 0 aromatic heterocycles. The molecule has 2 aromatic rings. The molecule has 0 aliphatic carbocycles. The minimum Gasteiger partial charge on any atom is -0.384 e. The van der Waals surface area contributed by atoms with Crippen LogP contribution in [0.25, 0.3) is 10.8 Å². The molecular weight excluding hydrogens is 320 g/mol. The molecule has 138 valence electrons. The molecule has 0 spiro atoms. The van der Waals surface area contributed by atoms with E-state index in [1.165, 1.54) is 21.9 Å². The summed E-state index contributed by atoms with van der Waals surface area (Å²) >= 11 is 0. The van der Waals surface area contributed by atoms with Crippen LogP contribution in [0.4, 0.5) is 5.69 Å². The summed E-state index contributed by atoms with van der Waals surface area (Å²) in [6, 6.07) is 12.7. The molecule has 0 saturated carbocycles. The Morgan fingerprint density at radius 3 is 2.58 bits per heavy atom. The van der Waals surface area contributed by atoms with Crippen LogP contribution < -0.4 is 11.1 Å². The first-order valence-electron chi connectivity index (χ1n) is 9.16. The van der Waals surface area contributed by atoms with Gasteiger partial charge in [0.05, 0.1) is 0 Å². The number of primary amides is 1. The number of carbonyl (C=O) groups excluding carboxylic acids is 1. The highest BCUT2D eigenvalue weighted by atomic mass is 16.1. The number of amides is 1. The molecular formula is C23H30N2O. The Labute approximate surface area is 157 Å². The Bertz CT molecular complexity index is 827. The molecule has 2 rings (SSSR count). The molecule has 0 saturated heterocycles. The summed E-state index contributed by atoms with van der Waals surface area (Å²) in [6.45, 7) is 9.27. The second-order valence-corrected chi connectivity index (χ2v) is 7.61. The summed E-state index contributed by atoms with van der Waals surface area (Å²) < 4.78 is 0. The van der Waals surface area contributed by atoms with Crippen molar-refractivity contribution in [1.82, 2.24) is 0 Å². The van der Waals surface area contributed by atoms with Crippen molar-refractivity contribution in [1.29, 1.82) is 0 Å². The first-order valence-corrected chi connectivity index (χ1v) is 9.16. The van der Waals surface area contributed by atoms with E-state index in [9.17, 15) is 4.79 Å². The molecule has 0 radical (unpaired) electrons. The number of fused-ring (bicyclic) bond motifs is 1. The van der Waals surface area contributed by atoms with E-state index in [-0.39, 0.29) is 11.3 Å². The maximum Gasteiger partial charge on any atom is 0.219 e. The quantitative estimate of drug-likeness (QED) is 0.633. The predicted molar refractivity (Wildman–Crippen MR) is 112 cm³/mol. The Balaban J connectivity index is 2.41. The smallest absolute Gasteiger partial charge is 0.219 e. The lowest BCUT2D eigenvalue weighted by Crippen LogP contribution is -2.21. The minimum atomic E-state index is -0.288. The first-order chi connectivity index (χ1) is 12.3. The Kier molecular flexibility index (Phi) is 6.62. The molecule has 0 aliphatic rings. The van der Waals surface area contributed by atoms with Crippen molar-refractivity contribution in [2.24, 2.45) is 5.73 Å². The summed E-state index contributed by atoms with van der Waals surface area (Å²) in [6.07, 6.45) is 7.73. The lowest BCUT2D eigenvalue weighted by molar-refractivity contribution is -0.117. The van der Waals surface area contributed by atoms with Gasteiger partial charge in [-0.3, -0.25) is 4.79 Å². The Morgan fingerprint density at radius 2 is 1.88 bits per heavy atom. The molecule has 26 heavy (non-hydrogen) atoms. The Morgan fingerprint density at radius 1 is 1.15 bits per heavy atom. The van der Waals surface area contributed by atoms with Crippen molar-refractivity contribution in [3.8, 4) is 0 Å². The lowest BCUT2D eigenvalue weighted by atomic mass is 9.78. The average molecular weight is 351 g/mol. The highest BCUT2D eigenvalue weighted by molar-refractivity contribution is 5.91. The molecule has 3 N–H and O–H groups in total.